The van der Waals surface area contributed by atoms with E-state index in [1.54, 1.807) is 0 Å². The quantitative estimate of drug-likeness (QED) is 0.852. The van der Waals surface area contributed by atoms with E-state index < -0.39 is 0 Å². The Hall–Kier alpha value is -1.39. The van der Waals surface area contributed by atoms with Crippen molar-refractivity contribution in [3.05, 3.63) is 35.9 Å². The van der Waals surface area contributed by atoms with Gasteiger partial charge in [0.05, 0.1) is 18.1 Å². The molecular weight excluding hydrogens is 300 g/mol. The van der Waals surface area contributed by atoms with Crippen LogP contribution in [-0.2, 0) is 16.1 Å². The minimum absolute atomic E-state index is 0.109. The van der Waals surface area contributed by atoms with Crippen molar-refractivity contribution in [3.8, 4) is 0 Å². The molecule has 1 aromatic rings. The third-order valence-electron chi connectivity index (χ3n) is 6.05. The van der Waals surface area contributed by atoms with Crippen LogP contribution in [0.15, 0.2) is 30.3 Å². The van der Waals surface area contributed by atoms with Gasteiger partial charge in [0.25, 0.3) is 0 Å². The predicted molar refractivity (Wildman–Crippen MR) is 93.5 cm³/mol. The number of piperidine rings is 1. The largest absolute Gasteiger partial charge is 0.374 e. The van der Waals surface area contributed by atoms with E-state index in [-0.39, 0.29) is 12.0 Å². The van der Waals surface area contributed by atoms with Crippen molar-refractivity contribution in [2.45, 2.75) is 56.9 Å². The van der Waals surface area contributed by atoms with Crippen LogP contribution in [0, 0.1) is 5.92 Å². The first-order valence-electron chi connectivity index (χ1n) is 9.39. The van der Waals surface area contributed by atoms with Gasteiger partial charge in [-0.25, -0.2) is 0 Å². The summed E-state index contributed by atoms with van der Waals surface area (Å²) in [4.78, 5) is 17.5. The van der Waals surface area contributed by atoms with Gasteiger partial charge in [0.15, 0.2) is 0 Å². The Kier molecular flexibility index (Phi) is 4.59. The molecule has 3 fully saturated rings. The van der Waals surface area contributed by atoms with Gasteiger partial charge in [-0.3, -0.25) is 9.69 Å². The first kappa shape index (κ1) is 16.1. The molecule has 4 rings (SSSR count). The zero-order chi connectivity index (χ0) is 16.5. The third kappa shape index (κ3) is 3.22. The molecule has 0 N–H and O–H groups in total. The summed E-state index contributed by atoms with van der Waals surface area (Å²) in [7, 11) is 2.00. The van der Waals surface area contributed by atoms with Crippen molar-refractivity contribution >= 4 is 5.91 Å². The molecule has 0 spiro atoms. The van der Waals surface area contributed by atoms with Gasteiger partial charge in [-0.2, -0.15) is 0 Å². The van der Waals surface area contributed by atoms with E-state index in [0.29, 0.717) is 18.1 Å². The second kappa shape index (κ2) is 6.85. The standard InChI is InChI=1S/C20H28N2O2/c1-21(20(23)18-12-17-9-10-19(18)24-17)16-8-5-11-22(14-16)13-15-6-3-2-4-7-15/h2-4,6-7,16-19H,5,8-14H2,1H3/t16-,17+,18-,19+/m0/s1. The summed E-state index contributed by atoms with van der Waals surface area (Å²) in [6, 6.07) is 11.0. The SMILES string of the molecule is CN(C(=O)[C@H]1C[C@H]2CC[C@H]1O2)[C@H]1CCCN(Cc2ccccc2)C1. The first-order valence-corrected chi connectivity index (χ1v) is 9.39. The summed E-state index contributed by atoms with van der Waals surface area (Å²) in [6.45, 7) is 3.10. The molecule has 0 saturated carbocycles. The Labute approximate surface area is 144 Å². The number of likely N-dealkylation sites (N-methyl/N-ethyl adjacent to an activating group) is 1. The fraction of sp³-hybridized carbons (Fsp3) is 0.650. The van der Waals surface area contributed by atoms with Crippen molar-refractivity contribution in [2.75, 3.05) is 20.1 Å². The molecule has 4 atom stereocenters. The minimum Gasteiger partial charge on any atom is -0.374 e. The molecule has 1 aromatic carbocycles. The average Bonchev–Trinajstić information content (AvgIpc) is 3.25. The second-order valence-corrected chi connectivity index (χ2v) is 7.68. The van der Waals surface area contributed by atoms with Crippen LogP contribution in [-0.4, -0.2) is 54.1 Å². The molecule has 3 saturated heterocycles. The highest BCUT2D eigenvalue weighted by Crippen LogP contribution is 2.39. The van der Waals surface area contributed by atoms with Crippen LogP contribution in [0.4, 0.5) is 0 Å². The number of ether oxygens (including phenoxy) is 1. The van der Waals surface area contributed by atoms with Gasteiger partial charge in [-0.05, 0) is 44.2 Å². The van der Waals surface area contributed by atoms with E-state index in [9.17, 15) is 4.79 Å². The second-order valence-electron chi connectivity index (χ2n) is 7.68. The number of hydrogen-bond donors (Lipinski definition) is 0. The third-order valence-corrected chi connectivity index (χ3v) is 6.05. The summed E-state index contributed by atoms with van der Waals surface area (Å²) in [5.41, 5.74) is 1.36. The van der Waals surface area contributed by atoms with Gasteiger partial charge >= 0.3 is 0 Å². The molecule has 1 amide bonds. The Balaban J connectivity index is 1.36. The maximum absolute atomic E-state index is 12.9. The minimum atomic E-state index is 0.109. The van der Waals surface area contributed by atoms with Crippen LogP contribution >= 0.6 is 0 Å². The highest BCUT2D eigenvalue weighted by Gasteiger charge is 2.46. The van der Waals surface area contributed by atoms with Crippen molar-refractivity contribution in [3.63, 3.8) is 0 Å². The van der Waals surface area contributed by atoms with Crippen LogP contribution in [0.5, 0.6) is 0 Å². The lowest BCUT2D eigenvalue weighted by molar-refractivity contribution is -0.139. The maximum Gasteiger partial charge on any atom is 0.228 e. The number of amides is 1. The van der Waals surface area contributed by atoms with Crippen LogP contribution in [0.2, 0.25) is 0 Å². The maximum atomic E-state index is 12.9. The Bertz CT molecular complexity index is 576. The summed E-state index contributed by atoms with van der Waals surface area (Å²) in [5.74, 6) is 0.423. The van der Waals surface area contributed by atoms with Crippen LogP contribution < -0.4 is 0 Å². The number of benzene rings is 1. The van der Waals surface area contributed by atoms with Crippen LogP contribution in [0.1, 0.15) is 37.7 Å². The van der Waals surface area contributed by atoms with E-state index in [1.807, 2.05) is 11.9 Å². The molecule has 4 nitrogen and oxygen atoms in total. The molecule has 3 aliphatic heterocycles. The van der Waals surface area contributed by atoms with Crippen molar-refractivity contribution in [1.82, 2.24) is 9.80 Å². The van der Waals surface area contributed by atoms with Gasteiger partial charge in [0.2, 0.25) is 5.91 Å². The number of carbonyl (C=O) groups is 1. The molecule has 0 radical (unpaired) electrons. The fourth-order valence-electron chi connectivity index (χ4n) is 4.67. The first-order chi connectivity index (χ1) is 11.7. The summed E-state index contributed by atoms with van der Waals surface area (Å²) < 4.78 is 5.89. The monoisotopic (exact) mass is 328 g/mol. The highest BCUT2D eigenvalue weighted by atomic mass is 16.5. The van der Waals surface area contributed by atoms with Gasteiger partial charge < -0.3 is 9.64 Å². The molecule has 3 aliphatic rings. The lowest BCUT2D eigenvalue weighted by atomic mass is 9.87. The summed E-state index contributed by atoms with van der Waals surface area (Å²) in [6.07, 6.45) is 5.98. The van der Waals surface area contributed by atoms with Gasteiger partial charge in [-0.15, -0.1) is 0 Å². The summed E-state index contributed by atoms with van der Waals surface area (Å²) >= 11 is 0. The molecule has 24 heavy (non-hydrogen) atoms. The van der Waals surface area contributed by atoms with Crippen molar-refractivity contribution in [1.29, 1.82) is 0 Å². The van der Waals surface area contributed by atoms with Gasteiger partial charge in [-0.1, -0.05) is 30.3 Å². The van der Waals surface area contributed by atoms with Gasteiger partial charge in [0, 0.05) is 26.2 Å². The van der Waals surface area contributed by atoms with E-state index >= 15 is 0 Å². The zero-order valence-corrected chi connectivity index (χ0v) is 14.6. The average molecular weight is 328 g/mol. The molecule has 0 aromatic heterocycles. The number of fused-ring (bicyclic) bond motifs is 2. The van der Waals surface area contributed by atoms with E-state index in [0.717, 1.165) is 45.3 Å². The summed E-state index contributed by atoms with van der Waals surface area (Å²) in [5, 5.41) is 0. The fourth-order valence-corrected chi connectivity index (χ4v) is 4.67. The number of nitrogens with zero attached hydrogens (tertiary/aromatic N) is 2. The van der Waals surface area contributed by atoms with Crippen LogP contribution in [0.3, 0.4) is 0 Å². The number of carbonyl (C=O) groups excluding carboxylic acids is 1. The zero-order valence-electron chi connectivity index (χ0n) is 14.6. The van der Waals surface area contributed by atoms with E-state index in [1.165, 1.54) is 12.0 Å². The number of likely N-dealkylation sites (tertiary alicyclic amines) is 1. The molecule has 0 unspecified atom stereocenters. The van der Waals surface area contributed by atoms with E-state index in [4.69, 9.17) is 4.74 Å². The lowest BCUT2D eigenvalue weighted by Gasteiger charge is -2.39. The molecule has 4 heteroatoms. The topological polar surface area (TPSA) is 32.8 Å². The van der Waals surface area contributed by atoms with Crippen LogP contribution in [0.25, 0.3) is 0 Å². The smallest absolute Gasteiger partial charge is 0.228 e. The normalized spacial score (nSPS) is 32.9. The van der Waals surface area contributed by atoms with Crippen molar-refractivity contribution in [2.24, 2.45) is 5.92 Å². The molecule has 2 bridgehead atoms. The Morgan fingerprint density at radius 2 is 2.08 bits per heavy atom. The molecule has 0 aliphatic carbocycles. The predicted octanol–water partition coefficient (Wildman–Crippen LogP) is 2.68. The van der Waals surface area contributed by atoms with E-state index in [2.05, 4.69) is 35.2 Å². The van der Waals surface area contributed by atoms with Crippen molar-refractivity contribution < 1.29 is 9.53 Å². The number of rotatable bonds is 4. The van der Waals surface area contributed by atoms with Gasteiger partial charge in [0.1, 0.15) is 0 Å². The molecule has 130 valence electrons. The Morgan fingerprint density at radius 1 is 1.25 bits per heavy atom. The highest BCUT2D eigenvalue weighted by molar-refractivity contribution is 5.80. The molecular formula is C20H28N2O2. The number of hydrogen-bond acceptors (Lipinski definition) is 3. The molecule has 3 heterocycles. The Morgan fingerprint density at radius 3 is 2.79 bits per heavy atom. The lowest BCUT2D eigenvalue weighted by Crippen LogP contribution is -2.50.